The summed E-state index contributed by atoms with van der Waals surface area (Å²) < 4.78 is 5.70. The molecule has 1 aromatic rings. The van der Waals surface area contributed by atoms with Crippen molar-refractivity contribution in [3.8, 4) is 5.75 Å². The number of aryl methyl sites for hydroxylation is 2. The van der Waals surface area contributed by atoms with E-state index >= 15 is 0 Å². The van der Waals surface area contributed by atoms with Crippen LogP contribution in [0.5, 0.6) is 5.75 Å². The van der Waals surface area contributed by atoms with Crippen molar-refractivity contribution in [2.24, 2.45) is 0 Å². The molecule has 0 unspecified atom stereocenters. The molecule has 88 valence electrons. The van der Waals surface area contributed by atoms with E-state index in [1.54, 1.807) is 0 Å². The van der Waals surface area contributed by atoms with Gasteiger partial charge in [-0.3, -0.25) is 4.79 Å². The molecule has 0 aliphatic carbocycles. The van der Waals surface area contributed by atoms with Gasteiger partial charge in [0.05, 0.1) is 6.61 Å². The summed E-state index contributed by atoms with van der Waals surface area (Å²) in [6.07, 6.45) is 0.827. The Labute approximate surface area is 96.8 Å². The molecule has 1 N–H and O–H groups in total. The van der Waals surface area contributed by atoms with Gasteiger partial charge in [0.25, 0.3) is 0 Å². The van der Waals surface area contributed by atoms with Crippen LogP contribution in [0.2, 0.25) is 0 Å². The number of amides is 1. The van der Waals surface area contributed by atoms with Gasteiger partial charge >= 0.3 is 0 Å². The fourth-order valence-corrected chi connectivity index (χ4v) is 1.54. The summed E-state index contributed by atoms with van der Waals surface area (Å²) in [7, 11) is 0. The second-order valence-electron chi connectivity index (χ2n) is 3.91. The summed E-state index contributed by atoms with van der Waals surface area (Å²) in [5.74, 6) is 0.970. The Morgan fingerprint density at radius 3 is 2.50 bits per heavy atom. The highest BCUT2D eigenvalue weighted by atomic mass is 16.5. The van der Waals surface area contributed by atoms with Crippen molar-refractivity contribution < 1.29 is 9.53 Å². The smallest absolute Gasteiger partial charge is 0.216 e. The van der Waals surface area contributed by atoms with Crippen LogP contribution in [0.15, 0.2) is 18.2 Å². The molecular weight excluding hydrogens is 202 g/mol. The van der Waals surface area contributed by atoms with Crippen molar-refractivity contribution in [1.82, 2.24) is 5.32 Å². The maximum atomic E-state index is 10.6. The Balaban J connectivity index is 2.34. The number of nitrogens with one attached hydrogen (secondary N) is 1. The second kappa shape index (κ2) is 6.16. The van der Waals surface area contributed by atoms with Gasteiger partial charge in [-0.05, 0) is 31.4 Å². The van der Waals surface area contributed by atoms with Crippen molar-refractivity contribution in [1.29, 1.82) is 0 Å². The first kappa shape index (κ1) is 12.6. The molecule has 3 heteroatoms. The van der Waals surface area contributed by atoms with Crippen LogP contribution in [0.3, 0.4) is 0 Å². The zero-order chi connectivity index (χ0) is 12.0. The fourth-order valence-electron chi connectivity index (χ4n) is 1.54. The van der Waals surface area contributed by atoms with Gasteiger partial charge in [0.2, 0.25) is 5.91 Å². The molecule has 1 amide bonds. The predicted octanol–water partition coefficient (Wildman–Crippen LogP) is 2.21. The number of para-hydroxylation sites is 1. The third-order valence-corrected chi connectivity index (χ3v) is 2.35. The minimum absolute atomic E-state index is 0.00655. The van der Waals surface area contributed by atoms with Crippen molar-refractivity contribution in [2.45, 2.75) is 27.2 Å². The summed E-state index contributed by atoms with van der Waals surface area (Å²) in [5, 5.41) is 2.74. The van der Waals surface area contributed by atoms with Crippen LogP contribution in [-0.2, 0) is 4.79 Å². The minimum Gasteiger partial charge on any atom is -0.493 e. The lowest BCUT2D eigenvalue weighted by Crippen LogP contribution is -2.22. The lowest BCUT2D eigenvalue weighted by atomic mass is 10.1. The number of hydrogen-bond acceptors (Lipinski definition) is 2. The highest BCUT2D eigenvalue weighted by molar-refractivity contribution is 5.72. The molecule has 1 rings (SSSR count). The maximum Gasteiger partial charge on any atom is 0.216 e. The van der Waals surface area contributed by atoms with Crippen LogP contribution < -0.4 is 10.1 Å². The topological polar surface area (TPSA) is 38.3 Å². The highest BCUT2D eigenvalue weighted by Gasteiger charge is 2.02. The van der Waals surface area contributed by atoms with Gasteiger partial charge < -0.3 is 10.1 Å². The summed E-state index contributed by atoms with van der Waals surface area (Å²) in [4.78, 5) is 10.6. The van der Waals surface area contributed by atoms with Crippen LogP contribution in [0.25, 0.3) is 0 Å². The molecule has 0 atom stereocenters. The first-order valence-electron chi connectivity index (χ1n) is 5.54. The van der Waals surface area contributed by atoms with E-state index in [9.17, 15) is 4.79 Å². The molecule has 0 aliphatic heterocycles. The largest absolute Gasteiger partial charge is 0.493 e. The van der Waals surface area contributed by atoms with Crippen molar-refractivity contribution in [2.75, 3.05) is 13.2 Å². The Bertz CT molecular complexity index is 341. The molecule has 0 saturated heterocycles. The Morgan fingerprint density at radius 2 is 1.94 bits per heavy atom. The van der Waals surface area contributed by atoms with Crippen molar-refractivity contribution in [3.63, 3.8) is 0 Å². The molecule has 0 fully saturated rings. The zero-order valence-electron chi connectivity index (χ0n) is 10.2. The van der Waals surface area contributed by atoms with Gasteiger partial charge in [0.1, 0.15) is 5.75 Å². The highest BCUT2D eigenvalue weighted by Crippen LogP contribution is 2.22. The molecule has 0 aromatic heterocycles. The third-order valence-electron chi connectivity index (χ3n) is 2.35. The van der Waals surface area contributed by atoms with Gasteiger partial charge in [0, 0.05) is 13.5 Å². The van der Waals surface area contributed by atoms with E-state index in [2.05, 4.69) is 5.32 Å². The number of rotatable bonds is 5. The summed E-state index contributed by atoms with van der Waals surface area (Å²) in [6, 6.07) is 6.10. The van der Waals surface area contributed by atoms with E-state index in [-0.39, 0.29) is 5.91 Å². The number of ether oxygens (including phenoxy) is 1. The summed E-state index contributed by atoms with van der Waals surface area (Å²) >= 11 is 0. The predicted molar refractivity (Wildman–Crippen MR) is 64.7 cm³/mol. The fraction of sp³-hybridized carbons (Fsp3) is 0.462. The number of carbonyl (C=O) groups excluding carboxylic acids is 1. The van der Waals surface area contributed by atoms with Crippen molar-refractivity contribution in [3.05, 3.63) is 29.3 Å². The van der Waals surface area contributed by atoms with Gasteiger partial charge in [-0.2, -0.15) is 0 Å². The van der Waals surface area contributed by atoms with E-state index in [0.29, 0.717) is 13.2 Å². The molecule has 0 bridgehead atoms. The summed E-state index contributed by atoms with van der Waals surface area (Å²) in [5.41, 5.74) is 2.30. The van der Waals surface area contributed by atoms with E-state index in [1.807, 2.05) is 32.0 Å². The Hall–Kier alpha value is -1.51. The standard InChI is InChI=1S/C13H19NO2/c1-10-6-4-7-11(2)13(10)16-9-5-8-14-12(3)15/h4,6-7H,5,8-9H2,1-3H3,(H,14,15). The minimum atomic E-state index is 0.00655. The Morgan fingerprint density at radius 1 is 1.31 bits per heavy atom. The molecule has 0 saturated carbocycles. The van der Waals surface area contributed by atoms with E-state index < -0.39 is 0 Å². The lowest BCUT2D eigenvalue weighted by molar-refractivity contribution is -0.118. The number of hydrogen-bond donors (Lipinski definition) is 1. The molecule has 0 spiro atoms. The number of carbonyl (C=O) groups is 1. The molecule has 1 aromatic carbocycles. The van der Waals surface area contributed by atoms with Gasteiger partial charge in [-0.1, -0.05) is 18.2 Å². The SMILES string of the molecule is CC(=O)NCCCOc1c(C)cccc1C. The third kappa shape index (κ3) is 3.93. The van der Waals surface area contributed by atoms with Crippen LogP contribution in [0.4, 0.5) is 0 Å². The average Bonchev–Trinajstić information content (AvgIpc) is 2.21. The average molecular weight is 221 g/mol. The Kier molecular flexibility index (Phi) is 4.83. The molecule has 3 nitrogen and oxygen atoms in total. The van der Waals surface area contributed by atoms with Gasteiger partial charge in [-0.15, -0.1) is 0 Å². The first-order valence-corrected chi connectivity index (χ1v) is 5.54. The first-order chi connectivity index (χ1) is 7.61. The molecule has 16 heavy (non-hydrogen) atoms. The van der Waals surface area contributed by atoms with Crippen LogP contribution in [0, 0.1) is 13.8 Å². The zero-order valence-corrected chi connectivity index (χ0v) is 10.2. The molecule has 0 radical (unpaired) electrons. The number of benzene rings is 1. The monoisotopic (exact) mass is 221 g/mol. The van der Waals surface area contributed by atoms with Crippen LogP contribution in [-0.4, -0.2) is 19.1 Å². The van der Waals surface area contributed by atoms with E-state index in [4.69, 9.17) is 4.74 Å². The second-order valence-corrected chi connectivity index (χ2v) is 3.91. The van der Waals surface area contributed by atoms with E-state index in [1.165, 1.54) is 6.92 Å². The molecule has 0 aliphatic rings. The maximum absolute atomic E-state index is 10.6. The van der Waals surface area contributed by atoms with Gasteiger partial charge in [-0.25, -0.2) is 0 Å². The lowest BCUT2D eigenvalue weighted by Gasteiger charge is -2.11. The quantitative estimate of drug-likeness (QED) is 0.774. The van der Waals surface area contributed by atoms with Gasteiger partial charge in [0.15, 0.2) is 0 Å². The molecular formula is C13H19NO2. The molecule has 0 heterocycles. The summed E-state index contributed by atoms with van der Waals surface area (Å²) in [6.45, 7) is 6.89. The van der Waals surface area contributed by atoms with Crippen LogP contribution >= 0.6 is 0 Å². The van der Waals surface area contributed by atoms with E-state index in [0.717, 1.165) is 23.3 Å². The van der Waals surface area contributed by atoms with Crippen molar-refractivity contribution >= 4 is 5.91 Å². The normalized spacial score (nSPS) is 9.94. The van der Waals surface area contributed by atoms with Crippen LogP contribution in [0.1, 0.15) is 24.5 Å².